The fourth-order valence-electron chi connectivity index (χ4n) is 2.58. The second kappa shape index (κ2) is 7.31. The minimum atomic E-state index is -0.345. The Labute approximate surface area is 144 Å². The summed E-state index contributed by atoms with van der Waals surface area (Å²) in [5, 5.41) is 8.72. The molecule has 0 aliphatic carbocycles. The lowest BCUT2D eigenvalue weighted by molar-refractivity contribution is -0.135. The van der Waals surface area contributed by atoms with Gasteiger partial charge in [0.25, 0.3) is 0 Å². The third kappa shape index (κ3) is 3.59. The number of rotatable bonds is 4. The van der Waals surface area contributed by atoms with E-state index >= 15 is 0 Å². The van der Waals surface area contributed by atoms with Crippen LogP contribution in [0.5, 0.6) is 0 Å². The van der Waals surface area contributed by atoms with Gasteiger partial charge in [0, 0.05) is 20.1 Å². The molecule has 0 N–H and O–H groups in total. The van der Waals surface area contributed by atoms with Gasteiger partial charge in [-0.05, 0) is 19.1 Å². The Morgan fingerprint density at radius 2 is 2.21 bits per heavy atom. The highest BCUT2D eigenvalue weighted by atomic mass is 32.2. The molecular formula is C16H19FN4O2S. The molecule has 1 aromatic carbocycles. The number of carbonyl (C=O) groups is 1. The molecule has 1 amide bonds. The molecule has 6 nitrogen and oxygen atoms in total. The van der Waals surface area contributed by atoms with Crippen LogP contribution < -0.4 is 0 Å². The van der Waals surface area contributed by atoms with E-state index in [0.717, 1.165) is 0 Å². The molecule has 1 atom stereocenters. The van der Waals surface area contributed by atoms with Crippen LogP contribution in [-0.4, -0.2) is 57.1 Å². The zero-order valence-corrected chi connectivity index (χ0v) is 14.4. The number of benzene rings is 1. The third-order valence-corrected chi connectivity index (χ3v) is 4.87. The van der Waals surface area contributed by atoms with Crippen LogP contribution in [0.2, 0.25) is 0 Å². The maximum absolute atomic E-state index is 13.9. The molecular weight excluding hydrogens is 331 g/mol. The van der Waals surface area contributed by atoms with E-state index in [9.17, 15) is 9.18 Å². The molecule has 1 saturated heterocycles. The summed E-state index contributed by atoms with van der Waals surface area (Å²) in [6, 6.07) is 6.43. The highest BCUT2D eigenvalue weighted by molar-refractivity contribution is 7.99. The van der Waals surface area contributed by atoms with Crippen LogP contribution in [0.1, 0.15) is 6.92 Å². The Balaban J connectivity index is 1.66. The maximum atomic E-state index is 13.9. The third-order valence-electron chi connectivity index (χ3n) is 3.87. The molecule has 0 radical (unpaired) electrons. The van der Waals surface area contributed by atoms with E-state index in [4.69, 9.17) is 4.74 Å². The second-order valence-corrected chi connectivity index (χ2v) is 6.60. The van der Waals surface area contributed by atoms with E-state index in [0.29, 0.717) is 36.2 Å². The van der Waals surface area contributed by atoms with E-state index < -0.39 is 0 Å². The number of ether oxygens (including phenoxy) is 1. The lowest BCUT2D eigenvalue weighted by Gasteiger charge is -2.31. The molecule has 2 aromatic rings. The van der Waals surface area contributed by atoms with Crippen LogP contribution in [0.3, 0.4) is 0 Å². The Bertz CT molecular complexity index is 737. The minimum Gasteiger partial charge on any atom is -0.375 e. The zero-order valence-electron chi connectivity index (χ0n) is 13.6. The number of carbonyl (C=O) groups excluding carboxylic acids is 1. The van der Waals surface area contributed by atoms with E-state index in [1.165, 1.54) is 17.8 Å². The Kier molecular flexibility index (Phi) is 5.15. The molecule has 0 unspecified atom stereocenters. The fraction of sp³-hybridized carbons (Fsp3) is 0.438. The fourth-order valence-corrected chi connectivity index (χ4v) is 3.39. The van der Waals surface area contributed by atoms with Gasteiger partial charge in [0.1, 0.15) is 5.82 Å². The highest BCUT2D eigenvalue weighted by Gasteiger charge is 2.22. The standard InChI is InChI=1S/C16H19FN4O2S/c1-11-9-21(7-8-23-11)14(22)10-24-16-19-18-15(20(16)2)12-5-3-4-6-13(12)17/h3-6,11H,7-10H2,1-2H3/t11-/m1/s1. The SMILES string of the molecule is C[C@@H]1CN(C(=O)CSc2nnc(-c3ccccc3F)n2C)CCO1. The Morgan fingerprint density at radius 3 is 2.96 bits per heavy atom. The smallest absolute Gasteiger partial charge is 0.233 e. The van der Waals surface area contributed by atoms with E-state index in [1.807, 2.05) is 6.92 Å². The molecule has 0 spiro atoms. The summed E-state index contributed by atoms with van der Waals surface area (Å²) >= 11 is 1.31. The summed E-state index contributed by atoms with van der Waals surface area (Å²) < 4.78 is 21.0. The van der Waals surface area contributed by atoms with E-state index in [2.05, 4.69) is 10.2 Å². The van der Waals surface area contributed by atoms with E-state index in [1.54, 1.807) is 34.7 Å². The first-order valence-corrected chi connectivity index (χ1v) is 8.71. The predicted octanol–water partition coefficient (Wildman–Crippen LogP) is 1.96. The topological polar surface area (TPSA) is 60.2 Å². The molecule has 128 valence electrons. The lowest BCUT2D eigenvalue weighted by atomic mass is 10.2. The molecule has 0 bridgehead atoms. The summed E-state index contributed by atoms with van der Waals surface area (Å²) in [6.07, 6.45) is 0.0650. The highest BCUT2D eigenvalue weighted by Crippen LogP contribution is 2.24. The largest absolute Gasteiger partial charge is 0.375 e. The van der Waals surface area contributed by atoms with Crippen molar-refractivity contribution in [1.82, 2.24) is 19.7 Å². The molecule has 1 aliphatic heterocycles. The number of thioether (sulfide) groups is 1. The lowest BCUT2D eigenvalue weighted by Crippen LogP contribution is -2.45. The number of morpholine rings is 1. The second-order valence-electron chi connectivity index (χ2n) is 5.65. The van der Waals surface area contributed by atoms with Crippen LogP contribution in [0.15, 0.2) is 29.4 Å². The van der Waals surface area contributed by atoms with Gasteiger partial charge in [0.05, 0.1) is 24.0 Å². The summed E-state index contributed by atoms with van der Waals surface area (Å²) in [4.78, 5) is 14.1. The Morgan fingerprint density at radius 1 is 1.42 bits per heavy atom. The van der Waals surface area contributed by atoms with Gasteiger partial charge in [0.15, 0.2) is 11.0 Å². The van der Waals surface area contributed by atoms with Crippen molar-refractivity contribution >= 4 is 17.7 Å². The van der Waals surface area contributed by atoms with Crippen molar-refractivity contribution in [3.05, 3.63) is 30.1 Å². The first-order chi connectivity index (χ1) is 11.6. The van der Waals surface area contributed by atoms with Crippen molar-refractivity contribution in [2.75, 3.05) is 25.4 Å². The van der Waals surface area contributed by atoms with Crippen molar-refractivity contribution in [2.45, 2.75) is 18.2 Å². The van der Waals surface area contributed by atoms with Gasteiger partial charge in [-0.2, -0.15) is 0 Å². The van der Waals surface area contributed by atoms with Crippen molar-refractivity contribution in [3.8, 4) is 11.4 Å². The summed E-state index contributed by atoms with van der Waals surface area (Å²) in [7, 11) is 1.77. The quantitative estimate of drug-likeness (QED) is 0.789. The van der Waals surface area contributed by atoms with Gasteiger partial charge in [0.2, 0.25) is 5.91 Å². The van der Waals surface area contributed by atoms with Gasteiger partial charge in [-0.25, -0.2) is 4.39 Å². The number of aromatic nitrogens is 3. The summed E-state index contributed by atoms with van der Waals surface area (Å²) in [5.41, 5.74) is 0.396. The molecule has 1 aliphatic rings. The molecule has 1 aromatic heterocycles. The molecule has 8 heteroatoms. The average Bonchev–Trinajstić information content (AvgIpc) is 2.94. The normalized spacial score (nSPS) is 18.0. The minimum absolute atomic E-state index is 0.0468. The van der Waals surface area contributed by atoms with Crippen molar-refractivity contribution < 1.29 is 13.9 Å². The molecule has 2 heterocycles. The van der Waals surface area contributed by atoms with Crippen molar-refractivity contribution in [3.63, 3.8) is 0 Å². The molecule has 3 rings (SSSR count). The monoisotopic (exact) mass is 350 g/mol. The summed E-state index contributed by atoms with van der Waals surface area (Å²) in [6.45, 7) is 3.75. The first kappa shape index (κ1) is 16.9. The van der Waals surface area contributed by atoms with Gasteiger partial charge in [-0.15, -0.1) is 10.2 Å². The number of amides is 1. The molecule has 1 fully saturated rings. The number of hydrogen-bond donors (Lipinski definition) is 0. The number of nitrogens with zero attached hydrogens (tertiary/aromatic N) is 4. The van der Waals surface area contributed by atoms with Crippen molar-refractivity contribution in [1.29, 1.82) is 0 Å². The van der Waals surface area contributed by atoms with Crippen molar-refractivity contribution in [2.24, 2.45) is 7.05 Å². The van der Waals surface area contributed by atoms with Gasteiger partial charge in [-0.3, -0.25) is 4.79 Å². The number of hydrogen-bond acceptors (Lipinski definition) is 5. The first-order valence-electron chi connectivity index (χ1n) is 7.72. The van der Waals surface area contributed by atoms with E-state index in [-0.39, 0.29) is 23.6 Å². The molecule has 0 saturated carbocycles. The van der Waals surface area contributed by atoms with Gasteiger partial charge >= 0.3 is 0 Å². The number of halogens is 1. The van der Waals surface area contributed by atoms with Crippen LogP contribution in [-0.2, 0) is 16.6 Å². The van der Waals surface area contributed by atoms with Crippen LogP contribution in [0.25, 0.3) is 11.4 Å². The zero-order chi connectivity index (χ0) is 17.1. The van der Waals surface area contributed by atoms with Crippen LogP contribution >= 0.6 is 11.8 Å². The molecule has 24 heavy (non-hydrogen) atoms. The van der Waals surface area contributed by atoms with Gasteiger partial charge < -0.3 is 14.2 Å². The predicted molar refractivity (Wildman–Crippen MR) is 89.1 cm³/mol. The maximum Gasteiger partial charge on any atom is 0.233 e. The summed E-state index contributed by atoms with van der Waals surface area (Å²) in [5.74, 6) is 0.423. The average molecular weight is 350 g/mol. The van der Waals surface area contributed by atoms with Crippen LogP contribution in [0.4, 0.5) is 4.39 Å². The van der Waals surface area contributed by atoms with Crippen LogP contribution in [0, 0.1) is 5.82 Å². The van der Waals surface area contributed by atoms with Gasteiger partial charge in [-0.1, -0.05) is 23.9 Å². The Hall–Kier alpha value is -1.93.